The number of nitrogens with zero attached hydrogens (tertiary/aromatic N) is 2. The van der Waals surface area contributed by atoms with Gasteiger partial charge in [0, 0.05) is 6.04 Å². The summed E-state index contributed by atoms with van der Waals surface area (Å²) in [6.45, 7) is 0. The van der Waals surface area contributed by atoms with Gasteiger partial charge >= 0.3 is 0 Å². The molecule has 0 saturated heterocycles. The molecule has 102 valence electrons. The number of H-pyrrole nitrogens is 1. The van der Waals surface area contributed by atoms with Crippen molar-refractivity contribution in [3.05, 3.63) is 32.5 Å². The second kappa shape index (κ2) is 3.66. The van der Waals surface area contributed by atoms with E-state index in [2.05, 4.69) is 9.36 Å². The van der Waals surface area contributed by atoms with Gasteiger partial charge < -0.3 is 10.3 Å². The molecule has 0 radical (unpaired) electrons. The first-order valence-electron chi connectivity index (χ1n) is 6.09. The van der Waals surface area contributed by atoms with Gasteiger partial charge in [-0.1, -0.05) is 0 Å². The summed E-state index contributed by atoms with van der Waals surface area (Å²) in [5.41, 5.74) is 4.91. The highest BCUT2D eigenvalue weighted by Gasteiger charge is 2.29. The van der Waals surface area contributed by atoms with Crippen molar-refractivity contribution in [3.8, 4) is 0 Å². The number of nitrogens with one attached hydrogen (secondary N) is 1. The number of aromatic amines is 1. The minimum absolute atomic E-state index is 0.0698. The summed E-state index contributed by atoms with van der Waals surface area (Å²) in [7, 11) is 0. The van der Waals surface area contributed by atoms with Crippen molar-refractivity contribution in [1.82, 2.24) is 13.9 Å². The number of aromatic nitrogens is 3. The van der Waals surface area contributed by atoms with E-state index >= 15 is 0 Å². The lowest BCUT2D eigenvalue weighted by molar-refractivity contribution is 0.628. The molecule has 3 heterocycles. The summed E-state index contributed by atoms with van der Waals surface area (Å²) >= 11 is 1.10. The Labute approximate surface area is 114 Å². The first-order valence-corrected chi connectivity index (χ1v) is 6.91. The minimum Gasteiger partial charge on any atom is -0.381 e. The van der Waals surface area contributed by atoms with Gasteiger partial charge in [-0.3, -0.25) is 14.0 Å². The van der Waals surface area contributed by atoms with Gasteiger partial charge in [0.1, 0.15) is 15.9 Å². The van der Waals surface area contributed by atoms with E-state index in [4.69, 9.17) is 5.73 Å². The van der Waals surface area contributed by atoms with Crippen molar-refractivity contribution in [2.75, 3.05) is 5.73 Å². The molecule has 0 unspecified atom stereocenters. The molecule has 0 bridgehead atoms. The van der Waals surface area contributed by atoms with Gasteiger partial charge in [-0.15, -0.1) is 0 Å². The fourth-order valence-electron chi connectivity index (χ4n) is 2.41. The minimum atomic E-state index is -0.747. The van der Waals surface area contributed by atoms with E-state index < -0.39 is 16.8 Å². The van der Waals surface area contributed by atoms with Crippen LogP contribution in [0.5, 0.6) is 0 Å². The smallest absolute Gasteiger partial charge is 0.271 e. The standard InChI is InChI=1S/C12H9FN4O2S/c13-6-3-5-8(18)7-11(19)16-20-12(7)17(4-1-2-4)10(5)15-9(6)14/h3-4H,1-2H2,(H2,14,15)(H,16,19). The average molecular weight is 292 g/mol. The third-order valence-electron chi connectivity index (χ3n) is 3.50. The number of nitrogens with two attached hydrogens (primary N) is 1. The van der Waals surface area contributed by atoms with Crippen LogP contribution in [0.4, 0.5) is 10.2 Å². The van der Waals surface area contributed by atoms with Crippen LogP contribution in [0, 0.1) is 5.82 Å². The number of hydrogen-bond acceptors (Lipinski definition) is 5. The number of halogens is 1. The van der Waals surface area contributed by atoms with Gasteiger partial charge in [-0.05, 0) is 30.4 Å². The van der Waals surface area contributed by atoms with Gasteiger partial charge in [-0.2, -0.15) is 0 Å². The van der Waals surface area contributed by atoms with Crippen LogP contribution < -0.4 is 16.7 Å². The molecule has 0 aromatic carbocycles. The van der Waals surface area contributed by atoms with Crippen LogP contribution >= 0.6 is 11.5 Å². The zero-order valence-electron chi connectivity index (χ0n) is 10.1. The molecule has 6 nitrogen and oxygen atoms in total. The molecular formula is C12H9FN4O2S. The Morgan fingerprint density at radius 1 is 1.45 bits per heavy atom. The molecule has 3 aromatic rings. The first kappa shape index (κ1) is 11.6. The number of hydrogen-bond donors (Lipinski definition) is 2. The van der Waals surface area contributed by atoms with E-state index in [1.165, 1.54) is 0 Å². The van der Waals surface area contributed by atoms with Crippen LogP contribution in [0.2, 0.25) is 0 Å². The number of rotatable bonds is 1. The molecule has 1 saturated carbocycles. The third kappa shape index (κ3) is 1.39. The fraction of sp³-hybridized carbons (Fsp3) is 0.250. The van der Waals surface area contributed by atoms with Crippen molar-refractivity contribution in [1.29, 1.82) is 0 Å². The maximum Gasteiger partial charge on any atom is 0.271 e. The Balaban J connectivity index is 2.34. The van der Waals surface area contributed by atoms with Gasteiger partial charge in [0.15, 0.2) is 11.6 Å². The summed E-state index contributed by atoms with van der Waals surface area (Å²) in [4.78, 5) is 28.7. The monoisotopic (exact) mass is 292 g/mol. The summed E-state index contributed by atoms with van der Waals surface area (Å²) in [6, 6.07) is 1.25. The quantitative estimate of drug-likeness (QED) is 0.708. The van der Waals surface area contributed by atoms with E-state index in [0.29, 0.717) is 10.5 Å². The van der Waals surface area contributed by atoms with Crippen LogP contribution in [-0.2, 0) is 0 Å². The summed E-state index contributed by atoms with van der Waals surface area (Å²) in [5.74, 6) is -0.989. The van der Waals surface area contributed by atoms with Gasteiger partial charge in [-0.25, -0.2) is 9.37 Å². The van der Waals surface area contributed by atoms with Crippen molar-refractivity contribution in [2.45, 2.75) is 18.9 Å². The van der Waals surface area contributed by atoms with Crippen molar-refractivity contribution in [2.24, 2.45) is 0 Å². The summed E-state index contributed by atoms with van der Waals surface area (Å²) in [5, 5.41) is 0.167. The molecule has 0 aliphatic heterocycles. The molecule has 3 aromatic heterocycles. The van der Waals surface area contributed by atoms with E-state index in [9.17, 15) is 14.0 Å². The molecule has 0 amide bonds. The lowest BCUT2D eigenvalue weighted by Gasteiger charge is -2.10. The molecular weight excluding hydrogens is 283 g/mol. The largest absolute Gasteiger partial charge is 0.381 e. The zero-order valence-corrected chi connectivity index (χ0v) is 11.0. The second-order valence-corrected chi connectivity index (χ2v) is 5.67. The normalized spacial score (nSPS) is 15.2. The third-order valence-corrected chi connectivity index (χ3v) is 4.38. The van der Waals surface area contributed by atoms with Crippen LogP contribution in [0.25, 0.3) is 21.3 Å². The molecule has 1 aliphatic rings. The van der Waals surface area contributed by atoms with Gasteiger partial charge in [0.2, 0.25) is 5.43 Å². The number of pyridine rings is 2. The van der Waals surface area contributed by atoms with Gasteiger partial charge in [0.25, 0.3) is 5.56 Å². The first-order chi connectivity index (χ1) is 9.58. The Kier molecular flexibility index (Phi) is 2.12. The molecule has 8 heteroatoms. The SMILES string of the molecule is Nc1nc2c(cc1F)c(=O)c1c(=O)[nH]sc1n2C1CC1. The van der Waals surface area contributed by atoms with Crippen LogP contribution in [-0.4, -0.2) is 13.9 Å². The Hall–Kier alpha value is -2.22. The van der Waals surface area contributed by atoms with Crippen molar-refractivity contribution < 1.29 is 4.39 Å². The predicted octanol–water partition coefficient (Wildman–Crippen LogP) is 1.36. The molecule has 4 rings (SSSR count). The highest BCUT2D eigenvalue weighted by Crippen LogP contribution is 2.39. The topological polar surface area (TPSA) is 93.8 Å². The zero-order chi connectivity index (χ0) is 14.0. The molecule has 0 atom stereocenters. The molecule has 1 fully saturated rings. The van der Waals surface area contributed by atoms with E-state index in [-0.39, 0.29) is 22.6 Å². The highest BCUT2D eigenvalue weighted by atomic mass is 32.1. The fourth-order valence-corrected chi connectivity index (χ4v) is 3.32. The maximum atomic E-state index is 13.6. The molecule has 0 spiro atoms. The van der Waals surface area contributed by atoms with E-state index in [1.807, 2.05) is 4.57 Å². The Morgan fingerprint density at radius 3 is 2.90 bits per heavy atom. The van der Waals surface area contributed by atoms with Crippen LogP contribution in [0.1, 0.15) is 18.9 Å². The lowest BCUT2D eigenvalue weighted by atomic mass is 10.2. The van der Waals surface area contributed by atoms with E-state index in [1.54, 1.807) is 0 Å². The lowest BCUT2D eigenvalue weighted by Crippen LogP contribution is -2.16. The number of fused-ring (bicyclic) bond motifs is 2. The van der Waals surface area contributed by atoms with Gasteiger partial charge in [0.05, 0.1) is 5.39 Å². The van der Waals surface area contributed by atoms with Crippen molar-refractivity contribution in [3.63, 3.8) is 0 Å². The molecule has 20 heavy (non-hydrogen) atoms. The Morgan fingerprint density at radius 2 is 2.20 bits per heavy atom. The second-order valence-electron chi connectivity index (χ2n) is 4.87. The summed E-state index contributed by atoms with van der Waals surface area (Å²) in [6.07, 6.45) is 1.89. The van der Waals surface area contributed by atoms with E-state index in [0.717, 1.165) is 30.4 Å². The average Bonchev–Trinajstić information content (AvgIpc) is 3.16. The Bertz CT molecular complexity index is 983. The van der Waals surface area contributed by atoms with Crippen molar-refractivity contribution >= 4 is 38.6 Å². The van der Waals surface area contributed by atoms with Crippen LogP contribution in [0.15, 0.2) is 15.7 Å². The maximum absolute atomic E-state index is 13.6. The summed E-state index contributed by atoms with van der Waals surface area (Å²) < 4.78 is 18.0. The molecule has 1 aliphatic carbocycles. The number of anilines is 1. The predicted molar refractivity (Wildman–Crippen MR) is 74.6 cm³/mol. The highest BCUT2D eigenvalue weighted by molar-refractivity contribution is 7.12. The molecule has 3 N–H and O–H groups in total. The number of nitrogen functional groups attached to an aromatic ring is 1. The van der Waals surface area contributed by atoms with Crippen LogP contribution in [0.3, 0.4) is 0 Å².